The van der Waals surface area contributed by atoms with Gasteiger partial charge < -0.3 is 9.32 Å². The predicted molar refractivity (Wildman–Crippen MR) is 92.1 cm³/mol. The van der Waals surface area contributed by atoms with Crippen LogP contribution in [0.25, 0.3) is 11.1 Å². The highest BCUT2D eigenvalue weighted by Crippen LogP contribution is 2.36. The number of hydrogen-bond donors (Lipinski definition) is 0. The van der Waals surface area contributed by atoms with Crippen molar-refractivity contribution in [3.8, 4) is 0 Å². The highest BCUT2D eigenvalue weighted by molar-refractivity contribution is 6.31. The number of fused-ring (bicyclic) bond motifs is 2. The molecule has 2 aromatic rings. The Balaban J connectivity index is 1.52. The van der Waals surface area contributed by atoms with Crippen LogP contribution in [0.2, 0.25) is 5.02 Å². The summed E-state index contributed by atoms with van der Waals surface area (Å²) in [5, 5.41) is 0.508. The molecule has 1 aliphatic carbocycles. The third kappa shape index (κ3) is 2.86. The number of benzene rings is 1. The summed E-state index contributed by atoms with van der Waals surface area (Å²) in [6, 6.07) is 5.03. The summed E-state index contributed by atoms with van der Waals surface area (Å²) in [5.41, 5.74) is 1.04. The number of aromatic nitrogens is 1. The number of rotatable bonds is 2. The molecule has 0 spiro atoms. The van der Waals surface area contributed by atoms with Crippen molar-refractivity contribution in [1.82, 2.24) is 9.47 Å². The van der Waals surface area contributed by atoms with E-state index in [4.69, 9.17) is 16.0 Å². The van der Waals surface area contributed by atoms with E-state index in [-0.39, 0.29) is 12.5 Å². The molecule has 0 bridgehead atoms. The van der Waals surface area contributed by atoms with E-state index >= 15 is 0 Å². The molecule has 24 heavy (non-hydrogen) atoms. The number of carbonyl (C=O) groups is 1. The minimum atomic E-state index is -0.506. The van der Waals surface area contributed by atoms with Crippen molar-refractivity contribution in [3.05, 3.63) is 33.8 Å². The lowest BCUT2D eigenvalue weighted by molar-refractivity contribution is -0.135. The number of amides is 1. The van der Waals surface area contributed by atoms with E-state index in [1.807, 2.05) is 4.90 Å². The van der Waals surface area contributed by atoms with Crippen LogP contribution in [0.5, 0.6) is 0 Å². The van der Waals surface area contributed by atoms with Crippen molar-refractivity contribution < 1.29 is 9.21 Å². The van der Waals surface area contributed by atoms with Crippen LogP contribution in [0.3, 0.4) is 0 Å². The first kappa shape index (κ1) is 15.8. The Morgan fingerprint density at radius 1 is 1.21 bits per heavy atom. The zero-order valence-electron chi connectivity index (χ0n) is 13.5. The quantitative estimate of drug-likeness (QED) is 0.836. The van der Waals surface area contributed by atoms with Gasteiger partial charge in [0.05, 0.1) is 5.52 Å². The van der Waals surface area contributed by atoms with E-state index in [1.54, 1.807) is 18.2 Å². The van der Waals surface area contributed by atoms with Crippen LogP contribution in [0, 0.1) is 11.8 Å². The first-order chi connectivity index (χ1) is 11.6. The summed E-state index contributed by atoms with van der Waals surface area (Å²) < 4.78 is 6.61. The van der Waals surface area contributed by atoms with Crippen molar-refractivity contribution in [2.45, 2.75) is 38.6 Å². The van der Waals surface area contributed by atoms with Crippen molar-refractivity contribution in [1.29, 1.82) is 0 Å². The number of carbonyl (C=O) groups excluding carboxylic acids is 1. The second kappa shape index (κ2) is 6.28. The van der Waals surface area contributed by atoms with E-state index < -0.39 is 5.76 Å². The summed E-state index contributed by atoms with van der Waals surface area (Å²) in [6.07, 6.45) is 6.22. The fraction of sp³-hybridized carbons (Fsp3) is 0.556. The van der Waals surface area contributed by atoms with Crippen LogP contribution >= 0.6 is 11.6 Å². The number of nitrogens with zero attached hydrogens (tertiary/aromatic N) is 2. The van der Waals surface area contributed by atoms with Crippen molar-refractivity contribution >= 4 is 28.6 Å². The molecule has 6 heteroatoms. The Labute approximate surface area is 145 Å². The molecule has 0 unspecified atom stereocenters. The summed E-state index contributed by atoms with van der Waals surface area (Å²) in [6.45, 7) is 1.67. The Bertz CT molecular complexity index is 825. The fourth-order valence-corrected chi connectivity index (χ4v) is 4.41. The maximum absolute atomic E-state index is 12.7. The topological polar surface area (TPSA) is 55.5 Å². The predicted octanol–water partition coefficient (Wildman–Crippen LogP) is 3.29. The minimum Gasteiger partial charge on any atom is -0.408 e. The molecule has 1 aromatic carbocycles. The monoisotopic (exact) mass is 348 g/mol. The lowest BCUT2D eigenvalue weighted by Crippen LogP contribution is -2.46. The fourth-order valence-electron chi connectivity index (χ4n) is 4.25. The Morgan fingerprint density at radius 3 is 2.83 bits per heavy atom. The number of likely N-dealkylation sites (tertiary alicyclic amines) is 1. The van der Waals surface area contributed by atoms with Crippen LogP contribution in [0.1, 0.15) is 32.1 Å². The number of hydrogen-bond acceptors (Lipinski definition) is 3. The molecular formula is C18H21ClN2O3. The van der Waals surface area contributed by atoms with E-state index in [2.05, 4.69) is 0 Å². The standard InChI is InChI=1S/C18H21ClN2O3/c19-14-5-6-15-16(9-14)24-18(23)21(15)11-17(22)20-8-7-12-3-1-2-4-13(12)10-20/h5-6,9,12-13H,1-4,7-8,10-11H2/t12-,13+/m1/s1. The van der Waals surface area contributed by atoms with Gasteiger partial charge in [0.15, 0.2) is 5.58 Å². The molecule has 2 atom stereocenters. The largest absolute Gasteiger partial charge is 0.420 e. The average Bonchev–Trinajstić information content (AvgIpc) is 2.89. The molecule has 2 aliphatic rings. The first-order valence-electron chi connectivity index (χ1n) is 8.68. The zero-order chi connectivity index (χ0) is 16.7. The van der Waals surface area contributed by atoms with E-state index in [0.29, 0.717) is 22.0 Å². The van der Waals surface area contributed by atoms with Gasteiger partial charge in [0.1, 0.15) is 6.54 Å². The first-order valence-corrected chi connectivity index (χ1v) is 9.06. The Kier molecular flexibility index (Phi) is 4.12. The summed E-state index contributed by atoms with van der Waals surface area (Å²) in [5.74, 6) is 0.905. The molecule has 1 aliphatic heterocycles. The normalized spacial score (nSPS) is 24.1. The Hall–Kier alpha value is -1.75. The summed E-state index contributed by atoms with van der Waals surface area (Å²) >= 11 is 5.93. The lowest BCUT2D eigenvalue weighted by atomic mass is 9.75. The SMILES string of the molecule is O=C(Cn1c(=O)oc2cc(Cl)ccc21)N1CC[C@H]2CCCC[C@H]2C1. The molecule has 2 fully saturated rings. The zero-order valence-corrected chi connectivity index (χ0v) is 14.3. The van der Waals surface area contributed by atoms with Crippen LogP contribution in [-0.4, -0.2) is 28.5 Å². The van der Waals surface area contributed by atoms with Gasteiger partial charge in [-0.3, -0.25) is 9.36 Å². The van der Waals surface area contributed by atoms with Gasteiger partial charge in [-0.25, -0.2) is 4.79 Å². The van der Waals surface area contributed by atoms with Gasteiger partial charge in [-0.15, -0.1) is 0 Å². The molecule has 1 saturated carbocycles. The van der Waals surface area contributed by atoms with Gasteiger partial charge in [0.25, 0.3) is 0 Å². The molecule has 5 nitrogen and oxygen atoms in total. The molecule has 1 amide bonds. The van der Waals surface area contributed by atoms with Crippen molar-refractivity contribution in [3.63, 3.8) is 0 Å². The molecule has 1 saturated heterocycles. The van der Waals surface area contributed by atoms with Crippen LogP contribution < -0.4 is 5.76 Å². The molecular weight excluding hydrogens is 328 g/mol. The lowest BCUT2D eigenvalue weighted by Gasteiger charge is -2.41. The summed E-state index contributed by atoms with van der Waals surface area (Å²) in [4.78, 5) is 26.7. The van der Waals surface area contributed by atoms with Crippen LogP contribution in [-0.2, 0) is 11.3 Å². The van der Waals surface area contributed by atoms with E-state index in [1.165, 1.54) is 30.3 Å². The number of halogens is 1. The van der Waals surface area contributed by atoms with Gasteiger partial charge in [-0.05, 0) is 36.8 Å². The van der Waals surface area contributed by atoms with Gasteiger partial charge >= 0.3 is 5.76 Å². The molecule has 2 heterocycles. The maximum atomic E-state index is 12.7. The molecule has 128 valence electrons. The molecule has 4 rings (SSSR count). The van der Waals surface area contributed by atoms with Gasteiger partial charge in [0, 0.05) is 24.2 Å². The van der Waals surface area contributed by atoms with Gasteiger partial charge in [-0.2, -0.15) is 0 Å². The second-order valence-electron chi connectivity index (χ2n) is 7.00. The molecule has 1 aromatic heterocycles. The third-order valence-electron chi connectivity index (χ3n) is 5.57. The van der Waals surface area contributed by atoms with Crippen molar-refractivity contribution in [2.24, 2.45) is 11.8 Å². The minimum absolute atomic E-state index is 0.00114. The Morgan fingerprint density at radius 2 is 2.00 bits per heavy atom. The third-order valence-corrected chi connectivity index (χ3v) is 5.80. The highest BCUT2D eigenvalue weighted by Gasteiger charge is 2.33. The smallest absolute Gasteiger partial charge is 0.408 e. The van der Waals surface area contributed by atoms with Crippen LogP contribution in [0.15, 0.2) is 27.4 Å². The average molecular weight is 349 g/mol. The molecule has 0 radical (unpaired) electrons. The molecule has 0 N–H and O–H groups in total. The van der Waals surface area contributed by atoms with Gasteiger partial charge in [0.2, 0.25) is 5.91 Å². The summed E-state index contributed by atoms with van der Waals surface area (Å²) in [7, 11) is 0. The maximum Gasteiger partial charge on any atom is 0.420 e. The number of oxazole rings is 1. The van der Waals surface area contributed by atoms with Gasteiger partial charge in [-0.1, -0.05) is 30.9 Å². The highest BCUT2D eigenvalue weighted by atomic mass is 35.5. The second-order valence-corrected chi connectivity index (χ2v) is 7.44. The van der Waals surface area contributed by atoms with E-state index in [0.717, 1.165) is 25.4 Å². The van der Waals surface area contributed by atoms with Crippen LogP contribution in [0.4, 0.5) is 0 Å². The van der Waals surface area contributed by atoms with E-state index in [9.17, 15) is 9.59 Å². The number of piperidine rings is 1. The van der Waals surface area contributed by atoms with Crippen molar-refractivity contribution in [2.75, 3.05) is 13.1 Å².